The van der Waals surface area contributed by atoms with Crippen LogP contribution >= 0.6 is 0 Å². The number of methoxy groups -OCH3 is 1. The Bertz CT molecular complexity index is 471. The number of rotatable bonds is 6. The van der Waals surface area contributed by atoms with Crippen molar-refractivity contribution in [1.82, 2.24) is 5.32 Å². The van der Waals surface area contributed by atoms with Crippen molar-refractivity contribution in [2.75, 3.05) is 7.11 Å². The van der Waals surface area contributed by atoms with E-state index in [9.17, 15) is 9.59 Å². The molecule has 1 amide bonds. The van der Waals surface area contributed by atoms with E-state index < -0.39 is 12.0 Å². The molecule has 0 radical (unpaired) electrons. The molecule has 0 saturated heterocycles. The smallest absolute Gasteiger partial charge is 0.326 e. The van der Waals surface area contributed by atoms with Crippen LogP contribution in [0.4, 0.5) is 0 Å². The van der Waals surface area contributed by atoms with Crippen molar-refractivity contribution >= 4 is 11.9 Å². The van der Waals surface area contributed by atoms with Gasteiger partial charge in [-0.2, -0.15) is 0 Å². The Morgan fingerprint density at radius 3 is 2.63 bits per heavy atom. The Kier molecular flexibility index (Phi) is 5.36. The van der Waals surface area contributed by atoms with Crippen LogP contribution in [-0.2, 0) is 16.0 Å². The molecule has 0 bridgehead atoms. The van der Waals surface area contributed by atoms with E-state index in [-0.39, 0.29) is 12.3 Å². The van der Waals surface area contributed by atoms with Gasteiger partial charge in [0.2, 0.25) is 5.91 Å². The average molecular weight is 265 g/mol. The van der Waals surface area contributed by atoms with Crippen LogP contribution in [-0.4, -0.2) is 30.1 Å². The molecule has 104 valence electrons. The lowest BCUT2D eigenvalue weighted by atomic mass is 10.1. The van der Waals surface area contributed by atoms with Crippen LogP contribution < -0.4 is 10.1 Å². The Hall–Kier alpha value is -2.04. The minimum Gasteiger partial charge on any atom is -0.496 e. The van der Waals surface area contributed by atoms with Crippen LogP contribution in [0.3, 0.4) is 0 Å². The summed E-state index contributed by atoms with van der Waals surface area (Å²) in [4.78, 5) is 22.7. The molecular weight excluding hydrogens is 246 g/mol. The molecule has 1 unspecified atom stereocenters. The lowest BCUT2D eigenvalue weighted by Gasteiger charge is -2.14. The fraction of sp³-hybridized carbons (Fsp3) is 0.429. The van der Waals surface area contributed by atoms with E-state index in [1.165, 1.54) is 0 Å². The Morgan fingerprint density at radius 1 is 1.42 bits per heavy atom. The molecule has 0 aliphatic heterocycles. The largest absolute Gasteiger partial charge is 0.496 e. The van der Waals surface area contributed by atoms with Gasteiger partial charge in [-0.3, -0.25) is 4.79 Å². The number of ether oxygens (including phenoxy) is 1. The standard InChI is InChI=1S/C14H19NO4/c1-4-11(14(17)18)15-12(16)8-10-7-5-6-9(2)13(10)19-3/h5-7,11H,4,8H2,1-3H3,(H,15,16)(H,17,18). The summed E-state index contributed by atoms with van der Waals surface area (Å²) >= 11 is 0. The number of carbonyl (C=O) groups is 2. The maximum atomic E-state index is 11.8. The molecule has 0 fully saturated rings. The van der Waals surface area contributed by atoms with Gasteiger partial charge in [-0.15, -0.1) is 0 Å². The number of carboxylic acid groups (broad SMARTS) is 1. The third-order valence-corrected chi connectivity index (χ3v) is 2.89. The molecule has 0 heterocycles. The topological polar surface area (TPSA) is 75.6 Å². The molecule has 0 saturated carbocycles. The summed E-state index contributed by atoms with van der Waals surface area (Å²) in [7, 11) is 1.55. The van der Waals surface area contributed by atoms with E-state index in [4.69, 9.17) is 9.84 Å². The summed E-state index contributed by atoms with van der Waals surface area (Å²) < 4.78 is 5.26. The number of nitrogens with one attached hydrogen (secondary N) is 1. The molecule has 1 rings (SSSR count). The van der Waals surface area contributed by atoms with Gasteiger partial charge in [0.15, 0.2) is 0 Å². The van der Waals surface area contributed by atoms with Crippen LogP contribution in [0.5, 0.6) is 5.75 Å². The summed E-state index contributed by atoms with van der Waals surface area (Å²) in [6.07, 6.45) is 0.459. The summed E-state index contributed by atoms with van der Waals surface area (Å²) in [5.41, 5.74) is 1.69. The molecule has 0 aromatic heterocycles. The molecule has 5 heteroatoms. The first kappa shape index (κ1) is 15.0. The Balaban J connectivity index is 2.77. The second kappa shape index (κ2) is 6.78. The fourth-order valence-corrected chi connectivity index (χ4v) is 1.90. The van der Waals surface area contributed by atoms with E-state index in [2.05, 4.69) is 5.32 Å². The highest BCUT2D eigenvalue weighted by Gasteiger charge is 2.18. The molecule has 1 atom stereocenters. The lowest BCUT2D eigenvalue weighted by Crippen LogP contribution is -2.41. The summed E-state index contributed by atoms with van der Waals surface area (Å²) in [6.45, 7) is 3.61. The van der Waals surface area contributed by atoms with Crippen molar-refractivity contribution in [3.05, 3.63) is 29.3 Å². The SMILES string of the molecule is CCC(NC(=O)Cc1cccc(C)c1OC)C(=O)O. The number of carboxylic acids is 1. The quantitative estimate of drug-likeness (QED) is 0.817. The molecule has 0 spiro atoms. The summed E-state index contributed by atoms with van der Waals surface area (Å²) in [5.74, 6) is -0.675. The predicted octanol–water partition coefficient (Wildman–Crippen LogP) is 1.53. The molecule has 0 aliphatic carbocycles. The highest BCUT2D eigenvalue weighted by atomic mass is 16.5. The molecule has 19 heavy (non-hydrogen) atoms. The van der Waals surface area contributed by atoms with Crippen molar-refractivity contribution in [1.29, 1.82) is 0 Å². The molecule has 2 N–H and O–H groups in total. The van der Waals surface area contributed by atoms with Gasteiger partial charge < -0.3 is 15.2 Å². The monoisotopic (exact) mass is 265 g/mol. The van der Waals surface area contributed by atoms with Crippen molar-refractivity contribution in [2.45, 2.75) is 32.7 Å². The van der Waals surface area contributed by atoms with Crippen LogP contribution in [0.25, 0.3) is 0 Å². The maximum absolute atomic E-state index is 11.8. The molecule has 1 aromatic rings. The predicted molar refractivity (Wildman–Crippen MR) is 71.3 cm³/mol. The molecule has 0 aliphatic rings. The van der Waals surface area contributed by atoms with Gasteiger partial charge >= 0.3 is 5.97 Å². The number of amides is 1. The van der Waals surface area contributed by atoms with Crippen LogP contribution in [0.15, 0.2) is 18.2 Å². The van der Waals surface area contributed by atoms with E-state index in [0.29, 0.717) is 12.2 Å². The number of benzene rings is 1. The van der Waals surface area contributed by atoms with Crippen molar-refractivity contribution in [3.63, 3.8) is 0 Å². The van der Waals surface area contributed by atoms with Gasteiger partial charge in [0, 0.05) is 5.56 Å². The fourth-order valence-electron chi connectivity index (χ4n) is 1.90. The van der Waals surface area contributed by atoms with E-state index in [0.717, 1.165) is 11.1 Å². The molecule has 1 aromatic carbocycles. The van der Waals surface area contributed by atoms with E-state index >= 15 is 0 Å². The third-order valence-electron chi connectivity index (χ3n) is 2.89. The Labute approximate surface area is 112 Å². The first-order chi connectivity index (χ1) is 8.99. The van der Waals surface area contributed by atoms with E-state index in [1.807, 2.05) is 19.1 Å². The van der Waals surface area contributed by atoms with Crippen LogP contribution in [0.1, 0.15) is 24.5 Å². The summed E-state index contributed by atoms with van der Waals surface area (Å²) in [6, 6.07) is 4.69. The maximum Gasteiger partial charge on any atom is 0.326 e. The minimum absolute atomic E-state index is 0.106. The highest BCUT2D eigenvalue weighted by Crippen LogP contribution is 2.23. The first-order valence-electron chi connectivity index (χ1n) is 6.14. The normalized spacial score (nSPS) is 11.7. The van der Waals surface area contributed by atoms with Gasteiger partial charge in [0.1, 0.15) is 11.8 Å². The average Bonchev–Trinajstić information content (AvgIpc) is 2.36. The first-order valence-corrected chi connectivity index (χ1v) is 6.14. The van der Waals surface area contributed by atoms with Gasteiger partial charge in [0.25, 0.3) is 0 Å². The zero-order valence-corrected chi connectivity index (χ0v) is 11.4. The number of aliphatic carboxylic acids is 1. The van der Waals surface area contributed by atoms with Gasteiger partial charge in [-0.25, -0.2) is 4.79 Å². The van der Waals surface area contributed by atoms with Gasteiger partial charge in [0.05, 0.1) is 13.5 Å². The highest BCUT2D eigenvalue weighted by molar-refractivity contribution is 5.85. The second-order valence-corrected chi connectivity index (χ2v) is 4.31. The third kappa shape index (κ3) is 3.98. The van der Waals surface area contributed by atoms with Crippen LogP contribution in [0, 0.1) is 6.92 Å². The number of hydrogen-bond donors (Lipinski definition) is 2. The van der Waals surface area contributed by atoms with Gasteiger partial charge in [-0.05, 0) is 18.9 Å². The lowest BCUT2D eigenvalue weighted by molar-refractivity contribution is -0.141. The van der Waals surface area contributed by atoms with Gasteiger partial charge in [-0.1, -0.05) is 25.1 Å². The van der Waals surface area contributed by atoms with Crippen molar-refractivity contribution < 1.29 is 19.4 Å². The van der Waals surface area contributed by atoms with Crippen molar-refractivity contribution in [3.8, 4) is 5.75 Å². The van der Waals surface area contributed by atoms with Crippen LogP contribution in [0.2, 0.25) is 0 Å². The molecular formula is C14H19NO4. The minimum atomic E-state index is -1.02. The zero-order chi connectivity index (χ0) is 14.4. The number of para-hydroxylation sites is 1. The number of carbonyl (C=O) groups excluding carboxylic acids is 1. The number of aryl methyl sites for hydroxylation is 1. The molecule has 5 nitrogen and oxygen atoms in total. The summed E-state index contributed by atoms with van der Waals surface area (Å²) in [5, 5.41) is 11.4. The van der Waals surface area contributed by atoms with Crippen molar-refractivity contribution in [2.24, 2.45) is 0 Å². The second-order valence-electron chi connectivity index (χ2n) is 4.31. The number of hydrogen-bond acceptors (Lipinski definition) is 3. The van der Waals surface area contributed by atoms with E-state index in [1.54, 1.807) is 20.1 Å². The Morgan fingerprint density at radius 2 is 2.11 bits per heavy atom. The zero-order valence-electron chi connectivity index (χ0n) is 11.4.